The third-order valence-corrected chi connectivity index (χ3v) is 4.23. The van der Waals surface area contributed by atoms with Crippen LogP contribution in [0.1, 0.15) is 20.8 Å². The summed E-state index contributed by atoms with van der Waals surface area (Å²) in [6.45, 7) is 5.00. The maximum absolute atomic E-state index is 12.5. The van der Waals surface area contributed by atoms with E-state index in [9.17, 15) is 14.4 Å². The highest BCUT2D eigenvalue weighted by Crippen LogP contribution is 2.16. The molecule has 0 aromatic heterocycles. The Morgan fingerprint density at radius 1 is 0.897 bits per heavy atom. The van der Waals surface area contributed by atoms with E-state index in [2.05, 4.69) is 16.0 Å². The zero-order valence-corrected chi connectivity index (χ0v) is 17.2. The molecule has 3 amide bonds. The average molecular weight is 418 g/mol. The number of hydrogen-bond donors (Lipinski definition) is 3. The average Bonchev–Trinajstić information content (AvgIpc) is 2.66. The molecular weight excluding hydrogens is 394 g/mol. The molecule has 0 aliphatic heterocycles. The number of benzene rings is 2. The molecule has 0 fully saturated rings. The number of carbonyl (C=O) groups is 3. The molecule has 29 heavy (non-hydrogen) atoms. The second-order valence-corrected chi connectivity index (χ2v) is 7.20. The monoisotopic (exact) mass is 417 g/mol. The van der Waals surface area contributed by atoms with Gasteiger partial charge in [-0.05, 0) is 43.2 Å². The van der Waals surface area contributed by atoms with Crippen LogP contribution in [0.4, 0.5) is 16.2 Å². The first-order chi connectivity index (χ1) is 13.8. The zero-order chi connectivity index (χ0) is 21.4. The molecule has 0 radical (unpaired) electrons. The van der Waals surface area contributed by atoms with Gasteiger partial charge in [0.05, 0.1) is 0 Å². The highest BCUT2D eigenvalue weighted by Gasteiger charge is 2.29. The first-order valence-electron chi connectivity index (χ1n) is 9.15. The number of urea groups is 1. The van der Waals surface area contributed by atoms with E-state index >= 15 is 0 Å². The number of halogens is 1. The lowest BCUT2D eigenvalue weighted by atomic mass is 10.0. The van der Waals surface area contributed by atoms with E-state index in [1.54, 1.807) is 62.4 Å². The fraction of sp³-hybridized carbons (Fsp3) is 0.286. The molecule has 0 saturated carbocycles. The van der Waals surface area contributed by atoms with Crippen molar-refractivity contribution >= 4 is 40.9 Å². The van der Waals surface area contributed by atoms with Crippen molar-refractivity contribution in [2.45, 2.75) is 32.9 Å². The van der Waals surface area contributed by atoms with Gasteiger partial charge < -0.3 is 20.7 Å². The second kappa shape index (κ2) is 10.5. The van der Waals surface area contributed by atoms with Gasteiger partial charge >= 0.3 is 12.0 Å². The van der Waals surface area contributed by atoms with E-state index in [0.717, 1.165) is 0 Å². The lowest BCUT2D eigenvalue weighted by molar-refractivity contribution is -0.156. The summed E-state index contributed by atoms with van der Waals surface area (Å²) in [5, 5.41) is 8.34. The number of nitrogens with one attached hydrogen (secondary N) is 3. The molecule has 8 heteroatoms. The van der Waals surface area contributed by atoms with Crippen LogP contribution in [0, 0.1) is 5.92 Å². The minimum atomic E-state index is -1.05. The molecular formula is C21H24ClN3O4. The van der Waals surface area contributed by atoms with E-state index in [1.807, 2.05) is 6.07 Å². The number of rotatable bonds is 7. The fourth-order valence-corrected chi connectivity index (χ4v) is 2.63. The molecule has 7 nitrogen and oxygen atoms in total. The number of esters is 1. The molecule has 0 bridgehead atoms. The third-order valence-electron chi connectivity index (χ3n) is 3.99. The topological polar surface area (TPSA) is 96.5 Å². The van der Waals surface area contributed by atoms with Crippen molar-refractivity contribution in [1.29, 1.82) is 0 Å². The van der Waals surface area contributed by atoms with Gasteiger partial charge in [-0.2, -0.15) is 0 Å². The highest BCUT2D eigenvalue weighted by atomic mass is 35.5. The van der Waals surface area contributed by atoms with Crippen molar-refractivity contribution in [3.63, 3.8) is 0 Å². The van der Waals surface area contributed by atoms with Crippen LogP contribution >= 0.6 is 11.6 Å². The lowest BCUT2D eigenvalue weighted by Crippen LogP contribution is -2.48. The van der Waals surface area contributed by atoms with Crippen molar-refractivity contribution < 1.29 is 19.1 Å². The maximum atomic E-state index is 12.5. The molecule has 0 aliphatic rings. The summed E-state index contributed by atoms with van der Waals surface area (Å²) in [5.41, 5.74) is 1.08. The van der Waals surface area contributed by atoms with Crippen LogP contribution in [0.2, 0.25) is 5.02 Å². The smallest absolute Gasteiger partial charge is 0.329 e. The largest absolute Gasteiger partial charge is 0.451 e. The predicted octanol–water partition coefficient (Wildman–Crippen LogP) is 4.06. The highest BCUT2D eigenvalue weighted by molar-refractivity contribution is 6.30. The van der Waals surface area contributed by atoms with Gasteiger partial charge in [0.2, 0.25) is 0 Å². The Balaban J connectivity index is 1.93. The predicted molar refractivity (Wildman–Crippen MR) is 113 cm³/mol. The summed E-state index contributed by atoms with van der Waals surface area (Å²) >= 11 is 5.89. The third kappa shape index (κ3) is 7.12. The SMILES string of the molecule is CC(C)[C@@H](NC(=O)Nc1ccccc1)C(=O)O[C@H](C)C(=O)Nc1cccc(Cl)c1. The fourth-order valence-electron chi connectivity index (χ4n) is 2.44. The lowest BCUT2D eigenvalue weighted by Gasteiger charge is -2.23. The first kappa shape index (κ1) is 22.2. The maximum Gasteiger partial charge on any atom is 0.329 e. The molecule has 154 valence electrons. The Bertz CT molecular complexity index is 858. The Labute approximate surface area is 174 Å². The molecule has 3 N–H and O–H groups in total. The van der Waals surface area contributed by atoms with Gasteiger partial charge in [-0.15, -0.1) is 0 Å². The summed E-state index contributed by atoms with van der Waals surface area (Å²) in [6.07, 6.45) is -1.05. The summed E-state index contributed by atoms with van der Waals surface area (Å²) in [6, 6.07) is 14.0. The van der Waals surface area contributed by atoms with Crippen molar-refractivity contribution in [1.82, 2.24) is 5.32 Å². The van der Waals surface area contributed by atoms with Gasteiger partial charge in [-0.3, -0.25) is 4.79 Å². The summed E-state index contributed by atoms with van der Waals surface area (Å²) < 4.78 is 5.26. The van der Waals surface area contributed by atoms with Crippen LogP contribution in [0.15, 0.2) is 54.6 Å². The zero-order valence-electron chi connectivity index (χ0n) is 16.4. The van der Waals surface area contributed by atoms with Gasteiger partial charge in [-0.25, -0.2) is 9.59 Å². The Morgan fingerprint density at radius 2 is 1.55 bits per heavy atom. The van der Waals surface area contributed by atoms with Crippen molar-refractivity contribution in [2.24, 2.45) is 5.92 Å². The molecule has 2 aromatic rings. The number of hydrogen-bond acceptors (Lipinski definition) is 4. The van der Waals surface area contributed by atoms with Crippen LogP contribution in [0.5, 0.6) is 0 Å². The van der Waals surface area contributed by atoms with E-state index in [4.69, 9.17) is 16.3 Å². The quantitative estimate of drug-likeness (QED) is 0.592. The number of carbonyl (C=O) groups excluding carboxylic acids is 3. The standard InChI is InChI=1S/C21H24ClN3O4/c1-13(2)18(25-21(28)24-16-9-5-4-6-10-16)20(27)29-14(3)19(26)23-17-11-7-8-15(22)12-17/h4-14,18H,1-3H3,(H,23,26)(H2,24,25,28)/t14-,18-/m1/s1. The Morgan fingerprint density at radius 3 is 2.17 bits per heavy atom. The van der Waals surface area contributed by atoms with Crippen molar-refractivity contribution in [2.75, 3.05) is 10.6 Å². The Kier molecular flexibility index (Phi) is 8.03. The van der Waals surface area contributed by atoms with E-state index in [-0.39, 0.29) is 5.92 Å². The molecule has 2 atom stereocenters. The molecule has 0 unspecified atom stereocenters. The molecule has 0 aliphatic carbocycles. The van der Waals surface area contributed by atoms with Gasteiger partial charge in [0.1, 0.15) is 6.04 Å². The van der Waals surface area contributed by atoms with Gasteiger partial charge in [-0.1, -0.05) is 49.7 Å². The summed E-state index contributed by atoms with van der Waals surface area (Å²) in [5.74, 6) is -1.44. The van der Waals surface area contributed by atoms with Crippen LogP contribution in [0.25, 0.3) is 0 Å². The van der Waals surface area contributed by atoms with Gasteiger partial charge in [0.25, 0.3) is 5.91 Å². The number of amides is 3. The molecule has 2 aromatic carbocycles. The Hall–Kier alpha value is -3.06. The number of ether oxygens (including phenoxy) is 1. The summed E-state index contributed by atoms with van der Waals surface area (Å²) in [7, 11) is 0. The van der Waals surface area contributed by atoms with E-state index in [1.165, 1.54) is 6.92 Å². The van der Waals surface area contributed by atoms with Crippen molar-refractivity contribution in [3.05, 3.63) is 59.6 Å². The molecule has 0 saturated heterocycles. The van der Waals surface area contributed by atoms with Crippen molar-refractivity contribution in [3.8, 4) is 0 Å². The van der Waals surface area contributed by atoms with E-state index < -0.39 is 30.1 Å². The van der Waals surface area contributed by atoms with Crippen LogP contribution in [-0.4, -0.2) is 30.1 Å². The van der Waals surface area contributed by atoms with Crippen LogP contribution in [0.3, 0.4) is 0 Å². The summed E-state index contributed by atoms with van der Waals surface area (Å²) in [4.78, 5) is 37.0. The molecule has 0 heterocycles. The minimum Gasteiger partial charge on any atom is -0.451 e. The van der Waals surface area contributed by atoms with Gasteiger partial charge in [0, 0.05) is 16.4 Å². The molecule has 2 rings (SSSR count). The molecule has 0 spiro atoms. The van der Waals surface area contributed by atoms with Crippen LogP contribution < -0.4 is 16.0 Å². The van der Waals surface area contributed by atoms with Gasteiger partial charge in [0.15, 0.2) is 6.10 Å². The second-order valence-electron chi connectivity index (χ2n) is 6.76. The van der Waals surface area contributed by atoms with Crippen LogP contribution in [-0.2, 0) is 14.3 Å². The van der Waals surface area contributed by atoms with E-state index in [0.29, 0.717) is 16.4 Å². The normalized spacial score (nSPS) is 12.6. The number of anilines is 2. The number of para-hydroxylation sites is 1. The first-order valence-corrected chi connectivity index (χ1v) is 9.53. The minimum absolute atomic E-state index is 0.243.